The molecule has 312 valence electrons. The Bertz CT molecular complexity index is 1080. The van der Waals surface area contributed by atoms with Crippen molar-refractivity contribution in [1.29, 1.82) is 0 Å². The molecule has 0 aromatic carbocycles. The van der Waals surface area contributed by atoms with Crippen molar-refractivity contribution in [3.63, 3.8) is 0 Å². The van der Waals surface area contributed by atoms with Crippen LogP contribution in [0.1, 0.15) is 162 Å². The van der Waals surface area contributed by atoms with Gasteiger partial charge in [0.15, 0.2) is 6.10 Å². The molecule has 0 aliphatic heterocycles. The zero-order valence-electron chi connectivity index (χ0n) is 33.7. The van der Waals surface area contributed by atoms with Crippen molar-refractivity contribution in [2.24, 2.45) is 0 Å². The number of ether oxygens (including phenoxy) is 2. The van der Waals surface area contributed by atoms with Crippen molar-refractivity contribution >= 4 is 19.8 Å². The number of esters is 2. The standard InChI is InChI=1S/C43H75O10P/c1-3-5-7-9-11-13-15-17-18-19-20-21-22-23-25-27-29-31-33-35-43(47)53-41(39-52-54(48,49)51-37-40(45)36-44)38-50-42(46)34-32-30-28-26-24-16-14-12-10-8-6-4-2/h5,7,11-14,17-18,20-21,40-41,44-45H,3-4,6,8-10,15-16,19,22-39H2,1-2H3,(H,48,49)/b7-5-,13-11-,14-12-,18-17-,21-20-. The normalized spacial score (nSPS) is 14.5. The topological polar surface area (TPSA) is 149 Å². The van der Waals surface area contributed by atoms with Crippen LogP contribution in [0.2, 0.25) is 0 Å². The van der Waals surface area contributed by atoms with Gasteiger partial charge in [-0.05, 0) is 77.0 Å². The summed E-state index contributed by atoms with van der Waals surface area (Å²) < 4.78 is 32.6. The molecule has 0 aromatic rings. The van der Waals surface area contributed by atoms with E-state index < -0.39 is 51.8 Å². The number of carbonyl (C=O) groups excluding carboxylic acids is 2. The lowest BCUT2D eigenvalue weighted by atomic mass is 10.1. The number of phosphoric acid groups is 1. The van der Waals surface area contributed by atoms with Gasteiger partial charge in [0.1, 0.15) is 12.7 Å². The lowest BCUT2D eigenvalue weighted by Crippen LogP contribution is -2.29. The Hall–Kier alpha value is -2.33. The smallest absolute Gasteiger partial charge is 0.462 e. The number of hydrogen-bond donors (Lipinski definition) is 3. The van der Waals surface area contributed by atoms with E-state index in [0.29, 0.717) is 12.8 Å². The molecular formula is C43H75O10P. The summed E-state index contributed by atoms with van der Waals surface area (Å²) >= 11 is 0. The molecule has 0 saturated heterocycles. The quantitative estimate of drug-likeness (QED) is 0.0239. The maximum Gasteiger partial charge on any atom is 0.472 e. The average Bonchev–Trinajstić information content (AvgIpc) is 3.16. The Morgan fingerprint density at radius 3 is 1.56 bits per heavy atom. The van der Waals surface area contributed by atoms with Gasteiger partial charge in [-0.15, -0.1) is 0 Å². The van der Waals surface area contributed by atoms with Crippen LogP contribution in [0.3, 0.4) is 0 Å². The van der Waals surface area contributed by atoms with Crippen LogP contribution >= 0.6 is 7.82 Å². The minimum atomic E-state index is -4.62. The molecular weight excluding hydrogens is 707 g/mol. The van der Waals surface area contributed by atoms with Gasteiger partial charge < -0.3 is 24.6 Å². The predicted molar refractivity (Wildman–Crippen MR) is 219 cm³/mol. The fourth-order valence-corrected chi connectivity index (χ4v) is 6.00. The molecule has 0 aliphatic carbocycles. The highest BCUT2D eigenvalue weighted by atomic mass is 31.2. The van der Waals surface area contributed by atoms with E-state index >= 15 is 0 Å². The second-order valence-corrected chi connectivity index (χ2v) is 15.1. The minimum Gasteiger partial charge on any atom is -0.462 e. The van der Waals surface area contributed by atoms with Crippen LogP contribution in [0.5, 0.6) is 0 Å². The van der Waals surface area contributed by atoms with E-state index in [-0.39, 0.29) is 19.4 Å². The van der Waals surface area contributed by atoms with E-state index in [9.17, 15) is 24.2 Å². The first-order chi connectivity index (χ1) is 26.2. The average molecular weight is 783 g/mol. The first-order valence-corrected chi connectivity index (χ1v) is 22.2. The fourth-order valence-electron chi connectivity index (χ4n) is 5.21. The molecule has 54 heavy (non-hydrogen) atoms. The van der Waals surface area contributed by atoms with Gasteiger partial charge >= 0.3 is 19.8 Å². The number of carbonyl (C=O) groups is 2. The van der Waals surface area contributed by atoms with Gasteiger partial charge in [0, 0.05) is 12.8 Å². The first kappa shape index (κ1) is 51.7. The molecule has 0 spiro atoms. The van der Waals surface area contributed by atoms with Crippen molar-refractivity contribution < 1.29 is 47.8 Å². The Balaban J connectivity index is 4.35. The van der Waals surface area contributed by atoms with Crippen LogP contribution in [-0.2, 0) is 32.7 Å². The van der Waals surface area contributed by atoms with E-state index in [0.717, 1.165) is 103 Å². The Kier molecular flexibility index (Phi) is 37.2. The number of aliphatic hydroxyl groups is 2. The van der Waals surface area contributed by atoms with Gasteiger partial charge in [-0.1, -0.05) is 132 Å². The first-order valence-electron chi connectivity index (χ1n) is 20.7. The molecule has 10 nitrogen and oxygen atoms in total. The highest BCUT2D eigenvalue weighted by molar-refractivity contribution is 7.47. The lowest BCUT2D eigenvalue weighted by molar-refractivity contribution is -0.161. The third-order valence-electron chi connectivity index (χ3n) is 8.41. The highest BCUT2D eigenvalue weighted by Crippen LogP contribution is 2.43. The fraction of sp³-hybridized carbons (Fsp3) is 0.721. The molecule has 0 rings (SSSR count). The van der Waals surface area contributed by atoms with Gasteiger partial charge in [-0.25, -0.2) is 4.57 Å². The zero-order chi connectivity index (χ0) is 39.8. The molecule has 3 N–H and O–H groups in total. The summed E-state index contributed by atoms with van der Waals surface area (Å²) in [5.74, 6) is -0.957. The SMILES string of the molecule is CC/C=C\C/C=C\C/C=C\C/C=C\CCCCCCCCC(=O)OC(COC(=O)CCCCCCC/C=C\CCCCC)COP(=O)(O)OCC(O)CO. The summed E-state index contributed by atoms with van der Waals surface area (Å²) in [5, 5.41) is 18.3. The molecule has 3 unspecified atom stereocenters. The second kappa shape index (κ2) is 38.9. The summed E-state index contributed by atoms with van der Waals surface area (Å²) in [6, 6.07) is 0. The maximum absolute atomic E-state index is 12.6. The van der Waals surface area contributed by atoms with Gasteiger partial charge in [-0.3, -0.25) is 18.6 Å². The lowest BCUT2D eigenvalue weighted by Gasteiger charge is -2.20. The van der Waals surface area contributed by atoms with Crippen LogP contribution in [0.4, 0.5) is 0 Å². The molecule has 0 bridgehead atoms. The number of allylic oxidation sites excluding steroid dienone is 10. The molecule has 0 radical (unpaired) electrons. The Morgan fingerprint density at radius 2 is 1.02 bits per heavy atom. The maximum atomic E-state index is 12.6. The summed E-state index contributed by atoms with van der Waals surface area (Å²) in [5.41, 5.74) is 0. The van der Waals surface area contributed by atoms with E-state index in [1.165, 1.54) is 19.3 Å². The van der Waals surface area contributed by atoms with Gasteiger partial charge in [0.2, 0.25) is 0 Å². The summed E-state index contributed by atoms with van der Waals surface area (Å²) in [7, 11) is -4.62. The molecule has 0 heterocycles. The predicted octanol–water partition coefficient (Wildman–Crippen LogP) is 10.7. The van der Waals surface area contributed by atoms with Crippen LogP contribution in [0, 0.1) is 0 Å². The van der Waals surface area contributed by atoms with Crippen molar-refractivity contribution in [2.75, 3.05) is 26.4 Å². The second-order valence-electron chi connectivity index (χ2n) is 13.6. The van der Waals surface area contributed by atoms with Crippen LogP contribution < -0.4 is 0 Å². The highest BCUT2D eigenvalue weighted by Gasteiger charge is 2.27. The van der Waals surface area contributed by atoms with E-state index in [1.54, 1.807) is 0 Å². The number of aliphatic hydroxyl groups excluding tert-OH is 2. The van der Waals surface area contributed by atoms with Crippen molar-refractivity contribution in [2.45, 2.75) is 174 Å². The molecule has 0 aromatic heterocycles. The number of phosphoric ester groups is 1. The van der Waals surface area contributed by atoms with Crippen molar-refractivity contribution in [1.82, 2.24) is 0 Å². The molecule has 0 saturated carbocycles. The molecule has 0 aliphatic rings. The Morgan fingerprint density at radius 1 is 0.574 bits per heavy atom. The van der Waals surface area contributed by atoms with E-state index in [1.807, 2.05) is 0 Å². The van der Waals surface area contributed by atoms with Crippen LogP contribution in [-0.4, -0.2) is 65.7 Å². The zero-order valence-corrected chi connectivity index (χ0v) is 34.6. The molecule has 3 atom stereocenters. The molecule has 0 fully saturated rings. The summed E-state index contributed by atoms with van der Waals surface area (Å²) in [6.45, 7) is 2.20. The summed E-state index contributed by atoms with van der Waals surface area (Å²) in [6.07, 6.45) is 41.8. The van der Waals surface area contributed by atoms with E-state index in [2.05, 4.69) is 79.1 Å². The number of hydrogen-bond acceptors (Lipinski definition) is 9. The number of rotatable bonds is 38. The summed E-state index contributed by atoms with van der Waals surface area (Å²) in [4.78, 5) is 34.9. The van der Waals surface area contributed by atoms with E-state index in [4.69, 9.17) is 19.1 Å². The van der Waals surface area contributed by atoms with Crippen LogP contribution in [0.15, 0.2) is 60.8 Å². The monoisotopic (exact) mass is 783 g/mol. The molecule has 0 amide bonds. The third kappa shape index (κ3) is 38.0. The van der Waals surface area contributed by atoms with Gasteiger partial charge in [0.05, 0.1) is 19.8 Å². The third-order valence-corrected chi connectivity index (χ3v) is 9.36. The number of unbranched alkanes of at least 4 members (excludes halogenated alkanes) is 14. The van der Waals surface area contributed by atoms with Crippen molar-refractivity contribution in [3.8, 4) is 0 Å². The van der Waals surface area contributed by atoms with Gasteiger partial charge in [0.25, 0.3) is 0 Å². The molecule has 11 heteroatoms. The van der Waals surface area contributed by atoms with Crippen molar-refractivity contribution in [3.05, 3.63) is 60.8 Å². The Labute approximate surface area is 327 Å². The minimum absolute atomic E-state index is 0.164. The van der Waals surface area contributed by atoms with Crippen LogP contribution in [0.25, 0.3) is 0 Å². The largest absolute Gasteiger partial charge is 0.472 e. The van der Waals surface area contributed by atoms with Gasteiger partial charge in [-0.2, -0.15) is 0 Å².